The Bertz CT molecular complexity index is 258. The first-order valence-corrected chi connectivity index (χ1v) is 4.80. The SMILES string of the molecule is O=C1C=CCCC2=C1CCCC2. The van der Waals surface area contributed by atoms with Crippen LogP contribution in [0.5, 0.6) is 0 Å². The molecule has 0 N–H and O–H groups in total. The van der Waals surface area contributed by atoms with Crippen LogP contribution in [0, 0.1) is 0 Å². The molecule has 0 radical (unpaired) electrons. The number of hydrogen-bond donors (Lipinski definition) is 0. The highest BCUT2D eigenvalue weighted by atomic mass is 16.1. The number of ketones is 1. The highest BCUT2D eigenvalue weighted by molar-refractivity contribution is 6.04. The van der Waals surface area contributed by atoms with E-state index >= 15 is 0 Å². The van der Waals surface area contributed by atoms with Gasteiger partial charge in [0.25, 0.3) is 0 Å². The first-order valence-electron chi connectivity index (χ1n) is 4.80. The van der Waals surface area contributed by atoms with Gasteiger partial charge in [0.2, 0.25) is 0 Å². The second kappa shape index (κ2) is 3.26. The maximum atomic E-state index is 11.5. The topological polar surface area (TPSA) is 17.1 Å². The van der Waals surface area contributed by atoms with Crippen LogP contribution in [0.15, 0.2) is 23.3 Å². The lowest BCUT2D eigenvalue weighted by Gasteiger charge is -2.16. The van der Waals surface area contributed by atoms with Crippen LogP contribution >= 0.6 is 0 Å². The summed E-state index contributed by atoms with van der Waals surface area (Å²) < 4.78 is 0. The lowest BCUT2D eigenvalue weighted by atomic mass is 9.88. The first-order chi connectivity index (χ1) is 5.88. The van der Waals surface area contributed by atoms with Crippen molar-refractivity contribution in [3.05, 3.63) is 23.3 Å². The van der Waals surface area contributed by atoms with E-state index in [1.54, 1.807) is 6.08 Å². The Balaban J connectivity index is 2.31. The van der Waals surface area contributed by atoms with Gasteiger partial charge in [-0.25, -0.2) is 0 Å². The molecule has 0 atom stereocenters. The van der Waals surface area contributed by atoms with Crippen molar-refractivity contribution in [2.24, 2.45) is 0 Å². The molecular weight excluding hydrogens is 148 g/mol. The van der Waals surface area contributed by atoms with Gasteiger partial charge in [-0.3, -0.25) is 4.79 Å². The van der Waals surface area contributed by atoms with Gasteiger partial charge in [0.05, 0.1) is 0 Å². The summed E-state index contributed by atoms with van der Waals surface area (Å²) in [7, 11) is 0. The fraction of sp³-hybridized carbons (Fsp3) is 0.545. The maximum Gasteiger partial charge on any atom is 0.181 e. The minimum Gasteiger partial charge on any atom is -0.290 e. The van der Waals surface area contributed by atoms with Gasteiger partial charge in [-0.1, -0.05) is 11.6 Å². The van der Waals surface area contributed by atoms with Crippen LogP contribution < -0.4 is 0 Å². The number of carbonyl (C=O) groups is 1. The summed E-state index contributed by atoms with van der Waals surface area (Å²) in [6, 6.07) is 0. The van der Waals surface area contributed by atoms with E-state index in [1.807, 2.05) is 6.08 Å². The minimum atomic E-state index is 0.280. The van der Waals surface area contributed by atoms with Crippen LogP contribution in [0.3, 0.4) is 0 Å². The fourth-order valence-corrected chi connectivity index (χ4v) is 2.09. The van der Waals surface area contributed by atoms with E-state index in [1.165, 1.54) is 24.8 Å². The number of hydrogen-bond acceptors (Lipinski definition) is 1. The van der Waals surface area contributed by atoms with Gasteiger partial charge in [-0.15, -0.1) is 0 Å². The summed E-state index contributed by atoms with van der Waals surface area (Å²) in [5, 5.41) is 0. The summed E-state index contributed by atoms with van der Waals surface area (Å²) in [4.78, 5) is 11.5. The molecule has 1 heteroatoms. The molecule has 0 fully saturated rings. The third-order valence-electron chi connectivity index (χ3n) is 2.76. The summed E-state index contributed by atoms with van der Waals surface area (Å²) in [6.07, 6.45) is 10.6. The monoisotopic (exact) mass is 162 g/mol. The zero-order valence-corrected chi connectivity index (χ0v) is 7.31. The molecule has 0 saturated carbocycles. The summed E-state index contributed by atoms with van der Waals surface area (Å²) in [6.45, 7) is 0. The zero-order chi connectivity index (χ0) is 8.39. The van der Waals surface area contributed by atoms with Crippen molar-refractivity contribution in [1.82, 2.24) is 0 Å². The predicted molar refractivity (Wildman–Crippen MR) is 48.9 cm³/mol. The average Bonchev–Trinajstić information content (AvgIpc) is 2.29. The molecule has 0 saturated heterocycles. The van der Waals surface area contributed by atoms with E-state index in [0.29, 0.717) is 0 Å². The van der Waals surface area contributed by atoms with Crippen molar-refractivity contribution in [2.45, 2.75) is 38.5 Å². The Morgan fingerprint density at radius 3 is 2.83 bits per heavy atom. The molecule has 2 aliphatic carbocycles. The molecular formula is C11H14O. The van der Waals surface area contributed by atoms with Gasteiger partial charge in [0.1, 0.15) is 0 Å². The van der Waals surface area contributed by atoms with Crippen LogP contribution in [0.1, 0.15) is 38.5 Å². The third-order valence-corrected chi connectivity index (χ3v) is 2.76. The molecule has 0 amide bonds. The molecule has 12 heavy (non-hydrogen) atoms. The van der Waals surface area contributed by atoms with E-state index < -0.39 is 0 Å². The lowest BCUT2D eigenvalue weighted by molar-refractivity contribution is -0.111. The summed E-state index contributed by atoms with van der Waals surface area (Å²) >= 11 is 0. The van der Waals surface area contributed by atoms with Crippen molar-refractivity contribution < 1.29 is 4.79 Å². The van der Waals surface area contributed by atoms with Crippen LogP contribution in [-0.4, -0.2) is 5.78 Å². The highest BCUT2D eigenvalue weighted by Gasteiger charge is 2.18. The van der Waals surface area contributed by atoms with Crippen molar-refractivity contribution in [3.8, 4) is 0 Å². The highest BCUT2D eigenvalue weighted by Crippen LogP contribution is 2.30. The second-order valence-corrected chi connectivity index (χ2v) is 3.59. The molecule has 0 bridgehead atoms. The van der Waals surface area contributed by atoms with E-state index in [9.17, 15) is 4.79 Å². The average molecular weight is 162 g/mol. The molecule has 64 valence electrons. The van der Waals surface area contributed by atoms with E-state index in [-0.39, 0.29) is 5.78 Å². The van der Waals surface area contributed by atoms with Gasteiger partial charge >= 0.3 is 0 Å². The van der Waals surface area contributed by atoms with Crippen molar-refractivity contribution in [1.29, 1.82) is 0 Å². The van der Waals surface area contributed by atoms with Gasteiger partial charge < -0.3 is 0 Å². The van der Waals surface area contributed by atoms with E-state index in [4.69, 9.17) is 0 Å². The lowest BCUT2D eigenvalue weighted by Crippen LogP contribution is -2.06. The largest absolute Gasteiger partial charge is 0.290 e. The molecule has 0 spiro atoms. The van der Waals surface area contributed by atoms with Gasteiger partial charge in [0.15, 0.2) is 5.78 Å². The Kier molecular flexibility index (Phi) is 2.11. The molecule has 0 aromatic heterocycles. The molecule has 0 heterocycles. The van der Waals surface area contributed by atoms with Crippen LogP contribution in [0.2, 0.25) is 0 Å². The molecule has 2 aliphatic rings. The van der Waals surface area contributed by atoms with Crippen LogP contribution in [-0.2, 0) is 4.79 Å². The molecule has 2 rings (SSSR count). The molecule has 0 unspecified atom stereocenters. The maximum absolute atomic E-state index is 11.5. The fourth-order valence-electron chi connectivity index (χ4n) is 2.09. The van der Waals surface area contributed by atoms with Crippen molar-refractivity contribution in [2.75, 3.05) is 0 Å². The Hall–Kier alpha value is -0.850. The van der Waals surface area contributed by atoms with Crippen LogP contribution in [0.4, 0.5) is 0 Å². The van der Waals surface area contributed by atoms with Crippen LogP contribution in [0.25, 0.3) is 0 Å². The Labute approximate surface area is 73.2 Å². The predicted octanol–water partition coefficient (Wildman–Crippen LogP) is 2.78. The van der Waals surface area contributed by atoms with Gasteiger partial charge in [-0.2, -0.15) is 0 Å². The molecule has 0 aromatic rings. The normalized spacial score (nSPS) is 23.8. The van der Waals surface area contributed by atoms with Gasteiger partial charge in [-0.05, 0) is 50.2 Å². The number of carbonyl (C=O) groups excluding carboxylic acids is 1. The molecule has 1 nitrogen and oxygen atoms in total. The number of rotatable bonds is 0. The Morgan fingerprint density at radius 1 is 1.08 bits per heavy atom. The van der Waals surface area contributed by atoms with Gasteiger partial charge in [0, 0.05) is 0 Å². The molecule has 0 aromatic carbocycles. The van der Waals surface area contributed by atoms with E-state index in [0.717, 1.165) is 24.8 Å². The summed E-state index contributed by atoms with van der Waals surface area (Å²) in [5.41, 5.74) is 2.58. The minimum absolute atomic E-state index is 0.280. The standard InChI is InChI=1S/C11H14O/c12-11-8-4-2-6-9-5-1-3-7-10(9)11/h4,8H,1-3,5-7H2. The summed E-state index contributed by atoms with van der Waals surface area (Å²) in [5.74, 6) is 0.280. The quantitative estimate of drug-likeness (QED) is 0.535. The Morgan fingerprint density at radius 2 is 1.92 bits per heavy atom. The zero-order valence-electron chi connectivity index (χ0n) is 7.31. The molecule has 0 aliphatic heterocycles. The van der Waals surface area contributed by atoms with Crippen molar-refractivity contribution in [3.63, 3.8) is 0 Å². The second-order valence-electron chi connectivity index (χ2n) is 3.59. The number of allylic oxidation sites excluding steroid dienone is 4. The van der Waals surface area contributed by atoms with E-state index in [2.05, 4.69) is 0 Å². The smallest absolute Gasteiger partial charge is 0.181 e. The first kappa shape index (κ1) is 7.78. The van der Waals surface area contributed by atoms with Crippen molar-refractivity contribution >= 4 is 5.78 Å². The third kappa shape index (κ3) is 1.36.